The quantitative estimate of drug-likeness (QED) is 0.819. The summed E-state index contributed by atoms with van der Waals surface area (Å²) in [6.45, 7) is 1.32. The second-order valence-electron chi connectivity index (χ2n) is 7.02. The molecule has 3 aliphatic heterocycles. The summed E-state index contributed by atoms with van der Waals surface area (Å²) in [5, 5.41) is 10.1. The normalized spacial score (nSPS) is 25.8. The van der Waals surface area contributed by atoms with Crippen LogP contribution < -0.4 is 18.7 Å². The molecule has 1 N–H and O–H groups in total. The minimum absolute atomic E-state index is 0.226. The van der Waals surface area contributed by atoms with Gasteiger partial charge in [0.05, 0.1) is 20.7 Å². The second-order valence-corrected chi connectivity index (χ2v) is 7.02. The zero-order chi connectivity index (χ0) is 16.5. The van der Waals surface area contributed by atoms with E-state index in [-0.39, 0.29) is 5.75 Å². The summed E-state index contributed by atoms with van der Waals surface area (Å²) in [7, 11) is 3.89. The number of hydrogen-bond acceptors (Lipinski definition) is 4. The number of likely N-dealkylation sites (N-methyl/N-ethyl adjacent to an activating group) is 1. The summed E-state index contributed by atoms with van der Waals surface area (Å²) in [5.74, 6) is 2.47. The molecule has 0 bridgehead atoms. The summed E-state index contributed by atoms with van der Waals surface area (Å²) in [6.07, 6.45) is 1.90. The Bertz CT molecular complexity index is 863. The summed E-state index contributed by atoms with van der Waals surface area (Å²) in [6, 6.07) is 8.50. The third-order valence-electron chi connectivity index (χ3n) is 5.87. The molecule has 5 heteroatoms. The Balaban J connectivity index is 1.66. The van der Waals surface area contributed by atoms with Gasteiger partial charge in [-0.1, -0.05) is 0 Å². The van der Waals surface area contributed by atoms with Crippen LogP contribution in [0.25, 0.3) is 0 Å². The highest BCUT2D eigenvalue weighted by Crippen LogP contribution is 2.53. The van der Waals surface area contributed by atoms with Crippen LogP contribution in [-0.4, -0.2) is 32.6 Å². The molecule has 0 saturated carbocycles. The zero-order valence-electron chi connectivity index (χ0n) is 13.8. The lowest BCUT2D eigenvalue weighted by Crippen LogP contribution is -2.50. The van der Waals surface area contributed by atoms with Gasteiger partial charge in [0.2, 0.25) is 6.79 Å². The molecule has 0 radical (unpaired) electrons. The smallest absolute Gasteiger partial charge is 0.231 e. The monoisotopic (exact) mass is 326 g/mol. The van der Waals surface area contributed by atoms with Gasteiger partial charge in [-0.15, -0.1) is 0 Å². The van der Waals surface area contributed by atoms with Gasteiger partial charge < -0.3 is 19.3 Å². The molecule has 24 heavy (non-hydrogen) atoms. The molecule has 5 nitrogen and oxygen atoms in total. The van der Waals surface area contributed by atoms with E-state index in [0.29, 0.717) is 18.6 Å². The highest BCUT2D eigenvalue weighted by atomic mass is 16.7. The van der Waals surface area contributed by atoms with E-state index in [1.54, 1.807) is 7.11 Å². The topological polar surface area (TPSA) is 47.9 Å². The Morgan fingerprint density at radius 1 is 1.12 bits per heavy atom. The second kappa shape index (κ2) is 4.57. The van der Waals surface area contributed by atoms with E-state index in [1.807, 2.05) is 12.1 Å². The van der Waals surface area contributed by atoms with E-state index in [9.17, 15) is 5.11 Å². The van der Waals surface area contributed by atoms with Crippen molar-refractivity contribution in [1.82, 2.24) is 4.48 Å². The van der Waals surface area contributed by atoms with E-state index < -0.39 is 0 Å². The van der Waals surface area contributed by atoms with Crippen LogP contribution in [0.15, 0.2) is 24.3 Å². The number of methoxy groups -OCH3 is 1. The van der Waals surface area contributed by atoms with E-state index >= 15 is 0 Å². The van der Waals surface area contributed by atoms with Crippen molar-refractivity contribution in [2.45, 2.75) is 18.9 Å². The molecule has 2 aromatic rings. The van der Waals surface area contributed by atoms with Crippen molar-refractivity contribution in [2.24, 2.45) is 0 Å². The Labute approximate surface area is 140 Å². The van der Waals surface area contributed by atoms with Crippen LogP contribution in [0, 0.1) is 0 Å². The number of nitrogens with zero attached hydrogens (tertiary/aromatic N) is 1. The molecule has 124 valence electrons. The van der Waals surface area contributed by atoms with Gasteiger partial charge in [0.1, 0.15) is 11.7 Å². The van der Waals surface area contributed by atoms with Crippen LogP contribution in [0.2, 0.25) is 0 Å². The van der Waals surface area contributed by atoms with Gasteiger partial charge >= 0.3 is 0 Å². The number of fused-ring (bicyclic) bond motifs is 6. The van der Waals surface area contributed by atoms with Crippen LogP contribution in [0.1, 0.15) is 22.7 Å². The van der Waals surface area contributed by atoms with Crippen LogP contribution in [0.5, 0.6) is 23.0 Å². The average Bonchev–Trinajstić information content (AvgIpc) is 3.14. The van der Waals surface area contributed by atoms with Crippen LogP contribution in [0.3, 0.4) is 0 Å². The van der Waals surface area contributed by atoms with Gasteiger partial charge in [-0.25, -0.2) is 0 Å². The fourth-order valence-electron chi connectivity index (χ4n) is 4.55. The number of benzene rings is 2. The molecule has 0 aromatic heterocycles. The Hall–Kier alpha value is -2.40. The van der Waals surface area contributed by atoms with Crippen molar-refractivity contribution in [2.75, 3.05) is 27.5 Å². The standard InChI is InChI=1S/C19H19NO4/c1-20-4-3-11-6-16(21)17(22-2)8-13(11)15(20)5-12-7-18-19(9-14(12)20)24-10-23-18/h6-9,15H,3-5,10H2,1-2H3/p+1/t15-,20-/m0/s1. The van der Waals surface area contributed by atoms with Gasteiger partial charge in [-0.05, 0) is 23.8 Å². The van der Waals surface area contributed by atoms with Crippen molar-refractivity contribution >= 4 is 5.69 Å². The third-order valence-corrected chi connectivity index (χ3v) is 5.87. The highest BCUT2D eigenvalue weighted by molar-refractivity contribution is 5.66. The summed E-state index contributed by atoms with van der Waals surface area (Å²) in [5.41, 5.74) is 5.15. The van der Waals surface area contributed by atoms with Crippen molar-refractivity contribution in [3.63, 3.8) is 0 Å². The first kappa shape index (κ1) is 14.0. The molecule has 2 aromatic carbocycles. The maximum atomic E-state index is 10.1. The van der Waals surface area contributed by atoms with Crippen molar-refractivity contribution in [3.05, 3.63) is 41.0 Å². The first-order valence-electron chi connectivity index (χ1n) is 8.28. The maximum absolute atomic E-state index is 10.1. The van der Waals surface area contributed by atoms with Gasteiger partial charge in [0.15, 0.2) is 23.0 Å². The van der Waals surface area contributed by atoms with Gasteiger partial charge in [-0.3, -0.25) is 4.48 Å². The molecule has 3 heterocycles. The predicted octanol–water partition coefficient (Wildman–Crippen LogP) is 2.92. The van der Waals surface area contributed by atoms with Gasteiger partial charge in [0, 0.05) is 30.0 Å². The van der Waals surface area contributed by atoms with E-state index in [1.165, 1.54) is 22.4 Å². The lowest BCUT2D eigenvalue weighted by atomic mass is 9.90. The minimum Gasteiger partial charge on any atom is -0.504 e. The SMILES string of the molecule is COc1cc2c(cc1O)CC[N@@+]1(C)c3cc4c(cc3C[C@@H]21)OCO4. The summed E-state index contributed by atoms with van der Waals surface area (Å²) >= 11 is 0. The number of ether oxygens (including phenoxy) is 3. The first-order valence-corrected chi connectivity index (χ1v) is 8.28. The minimum atomic E-state index is 0.226. The summed E-state index contributed by atoms with van der Waals surface area (Å²) < 4.78 is 17.3. The Kier molecular flexibility index (Phi) is 2.66. The van der Waals surface area contributed by atoms with Crippen LogP contribution in [0.4, 0.5) is 5.69 Å². The van der Waals surface area contributed by atoms with Gasteiger partial charge in [0.25, 0.3) is 0 Å². The molecule has 0 unspecified atom stereocenters. The van der Waals surface area contributed by atoms with Crippen molar-refractivity contribution in [1.29, 1.82) is 0 Å². The molecule has 0 fully saturated rings. The number of rotatable bonds is 1. The van der Waals surface area contributed by atoms with Crippen molar-refractivity contribution in [3.8, 4) is 23.0 Å². The maximum Gasteiger partial charge on any atom is 0.231 e. The predicted molar refractivity (Wildman–Crippen MR) is 90.0 cm³/mol. The first-order chi connectivity index (χ1) is 11.6. The lowest BCUT2D eigenvalue weighted by molar-refractivity contribution is 0.173. The fourth-order valence-corrected chi connectivity index (χ4v) is 4.55. The Morgan fingerprint density at radius 3 is 2.71 bits per heavy atom. The highest BCUT2D eigenvalue weighted by Gasteiger charge is 2.48. The van der Waals surface area contributed by atoms with Crippen molar-refractivity contribution < 1.29 is 19.3 Å². The number of aromatic hydroxyl groups is 1. The summed E-state index contributed by atoms with van der Waals surface area (Å²) in [4.78, 5) is 0. The van der Waals surface area contributed by atoms with E-state index in [4.69, 9.17) is 14.2 Å². The molecule has 3 aliphatic rings. The zero-order valence-corrected chi connectivity index (χ0v) is 13.8. The van der Waals surface area contributed by atoms with E-state index in [0.717, 1.165) is 35.4 Å². The third kappa shape index (κ3) is 1.68. The largest absolute Gasteiger partial charge is 0.504 e. The Morgan fingerprint density at radius 2 is 1.92 bits per heavy atom. The number of phenolic OH excluding ortho intramolecular Hbond substituents is 1. The number of quaternary nitrogens is 1. The molecule has 0 spiro atoms. The molecule has 2 atom stereocenters. The molecule has 0 saturated heterocycles. The molecular formula is C19H20NO4+. The molecule has 5 rings (SSSR count). The fraction of sp³-hybridized carbons (Fsp3) is 0.368. The molecular weight excluding hydrogens is 306 g/mol. The van der Waals surface area contributed by atoms with Gasteiger partial charge in [-0.2, -0.15) is 0 Å². The average molecular weight is 326 g/mol. The lowest BCUT2D eigenvalue weighted by Gasteiger charge is -2.41. The van der Waals surface area contributed by atoms with Crippen LogP contribution >= 0.6 is 0 Å². The molecule has 0 amide bonds. The molecule has 0 aliphatic carbocycles. The number of phenols is 1. The number of hydrogen-bond donors (Lipinski definition) is 1. The van der Waals surface area contributed by atoms with Crippen LogP contribution in [-0.2, 0) is 12.8 Å². The van der Waals surface area contributed by atoms with E-state index in [2.05, 4.69) is 19.2 Å².